The largest absolute Gasteiger partial charge is 0.595 e. The smallest absolute Gasteiger partial charge is 0.308 e. The Balaban J connectivity index is 1.63. The summed E-state index contributed by atoms with van der Waals surface area (Å²) in [6.07, 6.45) is 1.18. The third-order valence-corrected chi connectivity index (χ3v) is 6.57. The molecule has 8 heteroatoms. The third-order valence-electron chi connectivity index (χ3n) is 6.57. The Bertz CT molecular complexity index is 1020. The molecule has 2 aromatic rings. The molecule has 146 valence electrons. The Kier molecular flexibility index (Phi) is 3.84. The van der Waals surface area contributed by atoms with Crippen molar-refractivity contribution in [3.8, 4) is 0 Å². The van der Waals surface area contributed by atoms with Crippen molar-refractivity contribution in [2.45, 2.75) is 31.3 Å². The molecule has 3 N–H and O–H groups in total. The Morgan fingerprint density at radius 2 is 2.04 bits per heavy atom. The van der Waals surface area contributed by atoms with Crippen LogP contribution in [0.25, 0.3) is 0 Å². The molecule has 3 aliphatic rings. The summed E-state index contributed by atoms with van der Waals surface area (Å²) >= 11 is 0. The van der Waals surface area contributed by atoms with Gasteiger partial charge in [0.05, 0.1) is 5.92 Å². The molecule has 1 unspecified atom stereocenters. The van der Waals surface area contributed by atoms with E-state index in [1.54, 1.807) is 28.8 Å². The Labute approximate surface area is 160 Å². The van der Waals surface area contributed by atoms with Crippen LogP contribution < -0.4 is 15.7 Å². The molecule has 0 saturated carbocycles. The molecule has 28 heavy (non-hydrogen) atoms. The monoisotopic (exact) mass is 383 g/mol. The topological polar surface area (TPSA) is 110 Å². The molecule has 0 spiro atoms. The van der Waals surface area contributed by atoms with Crippen LogP contribution in [0.5, 0.6) is 0 Å². The van der Waals surface area contributed by atoms with Crippen LogP contribution in [0.4, 0.5) is 11.4 Å². The van der Waals surface area contributed by atoms with E-state index in [0.29, 0.717) is 19.5 Å². The number of carboxylic acid groups (broad SMARTS) is 1. The quantitative estimate of drug-likeness (QED) is 0.652. The van der Waals surface area contributed by atoms with Crippen molar-refractivity contribution in [1.29, 1.82) is 0 Å². The van der Waals surface area contributed by atoms with Crippen LogP contribution in [0.3, 0.4) is 0 Å². The summed E-state index contributed by atoms with van der Waals surface area (Å²) in [6, 6.07) is 10.1. The van der Waals surface area contributed by atoms with Crippen LogP contribution >= 0.6 is 0 Å². The number of hydrogen-bond donors (Lipinski definition) is 3. The van der Waals surface area contributed by atoms with Crippen LogP contribution in [0.15, 0.2) is 41.2 Å². The first-order chi connectivity index (χ1) is 13.4. The van der Waals surface area contributed by atoms with Gasteiger partial charge < -0.3 is 19.8 Å². The van der Waals surface area contributed by atoms with Crippen molar-refractivity contribution in [1.82, 2.24) is 4.57 Å². The second-order valence-electron chi connectivity index (χ2n) is 8.03. The van der Waals surface area contributed by atoms with E-state index in [0.717, 1.165) is 23.4 Å². The summed E-state index contributed by atoms with van der Waals surface area (Å²) in [5.41, 5.74) is 2.84. The number of hydrogen-bond acceptors (Lipinski definition) is 5. The minimum atomic E-state index is -1.01. The highest BCUT2D eigenvalue weighted by atomic mass is 16.8. The average molecular weight is 383 g/mol. The van der Waals surface area contributed by atoms with Crippen molar-refractivity contribution in [2.24, 2.45) is 11.8 Å². The maximum Gasteiger partial charge on any atom is 0.308 e. The molecule has 0 amide bonds. The zero-order valence-electron chi connectivity index (χ0n) is 15.1. The number of rotatable bonds is 2. The van der Waals surface area contributed by atoms with Crippen LogP contribution in [0.1, 0.15) is 23.6 Å². The van der Waals surface area contributed by atoms with E-state index in [2.05, 4.69) is 4.90 Å². The van der Waals surface area contributed by atoms with Gasteiger partial charge in [-0.25, -0.2) is 5.21 Å². The Morgan fingerprint density at radius 1 is 1.21 bits per heavy atom. The molecule has 1 saturated heterocycles. The number of piperidine rings is 1. The molecule has 5 atom stereocenters. The summed E-state index contributed by atoms with van der Waals surface area (Å²) in [5.74, 6) is -1.27. The second-order valence-corrected chi connectivity index (χ2v) is 8.03. The summed E-state index contributed by atoms with van der Waals surface area (Å²) in [7, 11) is 0. The highest BCUT2D eigenvalue weighted by Gasteiger charge is 2.49. The number of quaternary nitrogens is 1. The fourth-order valence-electron chi connectivity index (χ4n) is 5.47. The van der Waals surface area contributed by atoms with Crippen molar-refractivity contribution >= 4 is 17.3 Å². The van der Waals surface area contributed by atoms with Gasteiger partial charge in [0.1, 0.15) is 0 Å². The van der Waals surface area contributed by atoms with E-state index in [4.69, 9.17) is 0 Å². The van der Waals surface area contributed by atoms with Crippen molar-refractivity contribution in [2.75, 3.05) is 11.4 Å². The summed E-state index contributed by atoms with van der Waals surface area (Å²) in [5, 5.41) is 29.6. The van der Waals surface area contributed by atoms with Gasteiger partial charge >= 0.3 is 5.97 Å². The van der Waals surface area contributed by atoms with E-state index in [1.807, 2.05) is 12.1 Å². The summed E-state index contributed by atoms with van der Waals surface area (Å²) < 4.78 is 1.80. The standard InChI is InChI=1S/C20H21N3O5/c24-18-3-1-2-16-12-6-13(10-21(16)18)19-15(20(25)26)8-11-7-14(23(27)28)4-5-17(11)22(19)9-12/h1-5,7,12-13,15,19,23,27H,6,8-10H2,(H,25,26)/t12-,13+,15+,19-/m1/s1. The highest BCUT2D eigenvalue weighted by molar-refractivity contribution is 5.76. The second kappa shape index (κ2) is 6.16. The number of anilines is 1. The fraction of sp³-hybridized carbons (Fsp3) is 0.400. The van der Waals surface area contributed by atoms with Crippen LogP contribution in [0, 0.1) is 17.0 Å². The molecule has 8 nitrogen and oxygen atoms in total. The van der Waals surface area contributed by atoms with E-state index in [-0.39, 0.29) is 29.1 Å². The lowest BCUT2D eigenvalue weighted by Gasteiger charge is -2.53. The Morgan fingerprint density at radius 3 is 2.79 bits per heavy atom. The number of nitrogens with zero attached hydrogens (tertiary/aromatic N) is 2. The van der Waals surface area contributed by atoms with E-state index in [1.165, 1.54) is 0 Å². The normalized spacial score (nSPS) is 28.7. The first-order valence-electron chi connectivity index (χ1n) is 9.49. The lowest BCUT2D eigenvalue weighted by molar-refractivity contribution is -0.991. The summed E-state index contributed by atoms with van der Waals surface area (Å²) in [6.45, 7) is 1.16. The molecule has 4 heterocycles. The first-order valence-corrected chi connectivity index (χ1v) is 9.49. The number of nitrogens with one attached hydrogen (secondary N) is 1. The SMILES string of the molecule is O=C(O)[C@H]1Cc2cc([NH+]([O-])O)ccc2N2C[C@H]3C[C@@H](Cn4c3cccc4=O)[C@H]12. The first kappa shape index (κ1) is 17.4. The van der Waals surface area contributed by atoms with Gasteiger partial charge in [0, 0.05) is 54.6 Å². The molecule has 0 radical (unpaired) electrons. The highest BCUT2D eigenvalue weighted by Crippen LogP contribution is 2.47. The van der Waals surface area contributed by atoms with E-state index in [9.17, 15) is 25.1 Å². The number of carbonyl (C=O) groups is 1. The lowest BCUT2D eigenvalue weighted by atomic mass is 9.70. The third kappa shape index (κ3) is 2.49. The van der Waals surface area contributed by atoms with Gasteiger partial charge in [-0.2, -0.15) is 5.23 Å². The minimum Gasteiger partial charge on any atom is -0.595 e. The van der Waals surface area contributed by atoms with Crippen LogP contribution in [0.2, 0.25) is 0 Å². The molecule has 1 fully saturated rings. The molecule has 1 aromatic heterocycles. The van der Waals surface area contributed by atoms with Gasteiger partial charge in [0.2, 0.25) is 0 Å². The maximum absolute atomic E-state index is 12.3. The predicted octanol–water partition coefficient (Wildman–Crippen LogP) is 0.501. The maximum atomic E-state index is 12.3. The van der Waals surface area contributed by atoms with Gasteiger partial charge in [0.25, 0.3) is 5.56 Å². The minimum absolute atomic E-state index is 0.0326. The van der Waals surface area contributed by atoms with Gasteiger partial charge in [-0.05, 0) is 36.5 Å². The molecular weight excluding hydrogens is 362 g/mol. The number of carboxylic acids is 1. The number of benzene rings is 1. The summed E-state index contributed by atoms with van der Waals surface area (Å²) in [4.78, 5) is 26.6. The van der Waals surface area contributed by atoms with Gasteiger partial charge in [-0.1, -0.05) is 6.07 Å². The molecule has 3 aliphatic heterocycles. The number of aromatic nitrogens is 1. The zero-order valence-corrected chi connectivity index (χ0v) is 15.1. The molecular formula is C20H21N3O5. The van der Waals surface area contributed by atoms with Gasteiger partial charge in [0.15, 0.2) is 5.69 Å². The number of aliphatic carboxylic acids is 1. The van der Waals surface area contributed by atoms with Crippen molar-refractivity contribution < 1.29 is 20.3 Å². The fourth-order valence-corrected chi connectivity index (χ4v) is 5.47. The number of pyridine rings is 1. The zero-order chi connectivity index (χ0) is 19.6. The van der Waals surface area contributed by atoms with Crippen LogP contribution in [-0.2, 0) is 17.8 Å². The average Bonchev–Trinajstić information content (AvgIpc) is 2.67. The molecule has 5 rings (SSSR count). The van der Waals surface area contributed by atoms with E-state index >= 15 is 0 Å². The predicted molar refractivity (Wildman–Crippen MR) is 99.7 cm³/mol. The van der Waals surface area contributed by atoms with Crippen molar-refractivity contribution in [3.05, 3.63) is 63.2 Å². The van der Waals surface area contributed by atoms with Gasteiger partial charge in [-0.15, -0.1) is 0 Å². The van der Waals surface area contributed by atoms with Gasteiger partial charge in [-0.3, -0.25) is 9.59 Å². The van der Waals surface area contributed by atoms with Crippen LogP contribution in [-0.4, -0.2) is 33.4 Å². The molecule has 0 aliphatic carbocycles. The molecule has 2 bridgehead atoms. The lowest BCUT2D eigenvalue weighted by Crippen LogP contribution is -2.99. The Hall–Kier alpha value is -2.68. The van der Waals surface area contributed by atoms with Crippen molar-refractivity contribution in [3.63, 3.8) is 0 Å². The molecule has 1 aromatic carbocycles. The number of fused-ring (bicyclic) bond motifs is 8. The van der Waals surface area contributed by atoms with E-state index < -0.39 is 17.1 Å².